The molecule has 138 valence electrons. The first-order chi connectivity index (χ1) is 13.6. The van der Waals surface area contributed by atoms with Crippen LogP contribution >= 0.6 is 11.3 Å². The lowest BCUT2D eigenvalue weighted by Gasteiger charge is -2.08. The van der Waals surface area contributed by atoms with Gasteiger partial charge in [0.25, 0.3) is 5.91 Å². The number of furan rings is 1. The van der Waals surface area contributed by atoms with Gasteiger partial charge in [0.05, 0.1) is 0 Å². The van der Waals surface area contributed by atoms with Crippen LogP contribution < -0.4 is 5.32 Å². The number of amides is 1. The zero-order valence-corrected chi connectivity index (χ0v) is 15.9. The number of fused-ring (bicyclic) bond motifs is 2. The Morgan fingerprint density at radius 3 is 2.75 bits per heavy atom. The molecule has 5 aromatic rings. The Hall–Kier alpha value is -3.52. The van der Waals surface area contributed by atoms with Crippen LogP contribution in [-0.2, 0) is 0 Å². The summed E-state index contributed by atoms with van der Waals surface area (Å²) in [5.41, 5.74) is 3.32. The number of aromatic nitrogens is 4. The van der Waals surface area contributed by atoms with Crippen molar-refractivity contribution in [2.24, 2.45) is 0 Å². The molecule has 3 aromatic heterocycles. The zero-order valence-electron chi connectivity index (χ0n) is 15.1. The number of benzene rings is 2. The summed E-state index contributed by atoms with van der Waals surface area (Å²) < 4.78 is 7.36. The Kier molecular flexibility index (Phi) is 3.73. The lowest BCUT2D eigenvalue weighted by atomic mass is 10.1. The van der Waals surface area contributed by atoms with E-state index >= 15 is 0 Å². The van der Waals surface area contributed by atoms with E-state index in [1.54, 1.807) is 10.6 Å². The Balaban J connectivity index is 1.42. The SMILES string of the molecule is Cc1cc(-c2nn3c(C)nnc3s2)ccc1NC(=O)c1cc2ccccc2o1. The molecular formula is C20H15N5O2S. The van der Waals surface area contributed by atoms with Crippen LogP contribution in [0.5, 0.6) is 0 Å². The summed E-state index contributed by atoms with van der Waals surface area (Å²) >= 11 is 1.47. The zero-order chi connectivity index (χ0) is 19.3. The molecule has 0 atom stereocenters. The van der Waals surface area contributed by atoms with E-state index in [-0.39, 0.29) is 11.7 Å². The second-order valence-electron chi connectivity index (χ2n) is 6.48. The van der Waals surface area contributed by atoms with Crippen molar-refractivity contribution in [3.8, 4) is 10.6 Å². The van der Waals surface area contributed by atoms with Gasteiger partial charge in [-0.1, -0.05) is 29.5 Å². The molecule has 8 heteroatoms. The lowest BCUT2D eigenvalue weighted by Crippen LogP contribution is -2.11. The second-order valence-corrected chi connectivity index (χ2v) is 7.44. The average Bonchev–Trinajstić information content (AvgIpc) is 3.39. The minimum atomic E-state index is -0.276. The summed E-state index contributed by atoms with van der Waals surface area (Å²) in [5, 5.41) is 17.3. The van der Waals surface area contributed by atoms with Crippen molar-refractivity contribution in [3.63, 3.8) is 0 Å². The van der Waals surface area contributed by atoms with E-state index in [2.05, 4.69) is 20.6 Å². The predicted octanol–water partition coefficient (Wildman–Crippen LogP) is 4.47. The number of rotatable bonds is 3. The number of hydrogen-bond donors (Lipinski definition) is 1. The molecule has 0 spiro atoms. The number of anilines is 1. The molecule has 2 aromatic carbocycles. The third-order valence-corrected chi connectivity index (χ3v) is 5.47. The van der Waals surface area contributed by atoms with E-state index < -0.39 is 0 Å². The van der Waals surface area contributed by atoms with Crippen molar-refractivity contribution < 1.29 is 9.21 Å². The van der Waals surface area contributed by atoms with Crippen LogP contribution in [0.25, 0.3) is 26.5 Å². The number of para-hydroxylation sites is 1. The molecule has 1 amide bonds. The maximum Gasteiger partial charge on any atom is 0.291 e. The maximum atomic E-state index is 12.6. The Morgan fingerprint density at radius 2 is 1.96 bits per heavy atom. The highest BCUT2D eigenvalue weighted by molar-refractivity contribution is 7.19. The maximum absolute atomic E-state index is 12.6. The standard InChI is InChI=1S/C20H15N5O2S/c1-11-9-14(19-24-25-12(2)22-23-20(25)28-19)7-8-15(11)21-18(26)17-10-13-5-3-4-6-16(13)27-17/h3-10H,1-2H3,(H,21,26). The number of nitrogens with zero attached hydrogens (tertiary/aromatic N) is 4. The molecule has 0 fully saturated rings. The summed E-state index contributed by atoms with van der Waals surface area (Å²) in [7, 11) is 0. The van der Waals surface area contributed by atoms with E-state index in [4.69, 9.17) is 4.42 Å². The molecule has 0 aliphatic carbocycles. The van der Waals surface area contributed by atoms with Crippen molar-refractivity contribution in [2.45, 2.75) is 13.8 Å². The molecule has 0 saturated heterocycles. The van der Waals surface area contributed by atoms with Crippen LogP contribution in [0, 0.1) is 13.8 Å². The minimum absolute atomic E-state index is 0.276. The van der Waals surface area contributed by atoms with E-state index in [9.17, 15) is 4.79 Å². The van der Waals surface area contributed by atoms with Gasteiger partial charge in [0, 0.05) is 16.6 Å². The highest BCUT2D eigenvalue weighted by Gasteiger charge is 2.15. The number of nitrogens with one attached hydrogen (secondary N) is 1. The molecule has 0 bridgehead atoms. The fourth-order valence-electron chi connectivity index (χ4n) is 3.05. The van der Waals surface area contributed by atoms with Gasteiger partial charge in [0.1, 0.15) is 10.6 Å². The summed E-state index contributed by atoms with van der Waals surface area (Å²) in [6, 6.07) is 15.1. The van der Waals surface area contributed by atoms with Crippen molar-refractivity contribution in [3.05, 3.63) is 65.7 Å². The Labute approximate surface area is 163 Å². The van der Waals surface area contributed by atoms with Gasteiger partial charge in [-0.3, -0.25) is 4.79 Å². The fourth-order valence-corrected chi connectivity index (χ4v) is 3.93. The van der Waals surface area contributed by atoms with E-state index in [1.807, 2.05) is 56.3 Å². The van der Waals surface area contributed by atoms with Gasteiger partial charge in [0.2, 0.25) is 4.96 Å². The number of carbonyl (C=O) groups excluding carboxylic acids is 1. The molecular weight excluding hydrogens is 374 g/mol. The van der Waals surface area contributed by atoms with E-state index in [0.717, 1.165) is 38.0 Å². The van der Waals surface area contributed by atoms with Crippen LogP contribution in [0.15, 0.2) is 52.9 Å². The predicted molar refractivity (Wildman–Crippen MR) is 108 cm³/mol. The van der Waals surface area contributed by atoms with Gasteiger partial charge in [0.15, 0.2) is 11.6 Å². The van der Waals surface area contributed by atoms with Crippen molar-refractivity contribution >= 4 is 38.9 Å². The van der Waals surface area contributed by atoms with Gasteiger partial charge in [-0.15, -0.1) is 10.2 Å². The first kappa shape index (κ1) is 16.6. The molecule has 0 aliphatic rings. The minimum Gasteiger partial charge on any atom is -0.451 e. The normalized spacial score (nSPS) is 11.4. The largest absolute Gasteiger partial charge is 0.451 e. The van der Waals surface area contributed by atoms with Gasteiger partial charge in [-0.2, -0.15) is 9.61 Å². The topological polar surface area (TPSA) is 85.3 Å². The van der Waals surface area contributed by atoms with Gasteiger partial charge in [-0.05, 0) is 49.7 Å². The summed E-state index contributed by atoms with van der Waals surface area (Å²) in [4.78, 5) is 13.3. The Morgan fingerprint density at radius 1 is 1.11 bits per heavy atom. The fraction of sp³-hybridized carbons (Fsp3) is 0.100. The third kappa shape index (κ3) is 2.74. The molecule has 3 heterocycles. The third-order valence-electron chi connectivity index (χ3n) is 4.52. The molecule has 5 rings (SSSR count). The number of hydrogen-bond acceptors (Lipinski definition) is 6. The Bertz CT molecular complexity index is 1310. The number of aryl methyl sites for hydroxylation is 2. The van der Waals surface area contributed by atoms with Gasteiger partial charge in [-0.25, -0.2) is 0 Å². The molecule has 1 N–H and O–H groups in total. The quantitative estimate of drug-likeness (QED) is 0.492. The average molecular weight is 389 g/mol. The molecule has 0 unspecified atom stereocenters. The lowest BCUT2D eigenvalue weighted by molar-refractivity contribution is 0.0998. The van der Waals surface area contributed by atoms with Crippen molar-refractivity contribution in [1.82, 2.24) is 19.8 Å². The van der Waals surface area contributed by atoms with Crippen molar-refractivity contribution in [2.75, 3.05) is 5.32 Å². The van der Waals surface area contributed by atoms with Crippen molar-refractivity contribution in [1.29, 1.82) is 0 Å². The van der Waals surface area contributed by atoms with Crippen LogP contribution in [0.2, 0.25) is 0 Å². The second kappa shape index (κ2) is 6.28. The van der Waals surface area contributed by atoms with Crippen LogP contribution in [0.1, 0.15) is 21.9 Å². The van der Waals surface area contributed by atoms with Crippen LogP contribution in [0.3, 0.4) is 0 Å². The highest BCUT2D eigenvalue weighted by Crippen LogP contribution is 2.29. The summed E-state index contributed by atoms with van der Waals surface area (Å²) in [6.07, 6.45) is 0. The molecule has 0 saturated carbocycles. The van der Waals surface area contributed by atoms with Crippen LogP contribution in [-0.4, -0.2) is 25.7 Å². The monoisotopic (exact) mass is 389 g/mol. The van der Waals surface area contributed by atoms with Crippen LogP contribution in [0.4, 0.5) is 5.69 Å². The molecule has 0 aliphatic heterocycles. The first-order valence-corrected chi connectivity index (χ1v) is 9.50. The summed E-state index contributed by atoms with van der Waals surface area (Å²) in [6.45, 7) is 3.81. The van der Waals surface area contributed by atoms with E-state index in [1.165, 1.54) is 11.3 Å². The summed E-state index contributed by atoms with van der Waals surface area (Å²) in [5.74, 6) is 0.763. The number of carbonyl (C=O) groups is 1. The van der Waals surface area contributed by atoms with Gasteiger partial charge < -0.3 is 9.73 Å². The highest BCUT2D eigenvalue weighted by atomic mass is 32.1. The van der Waals surface area contributed by atoms with E-state index in [0.29, 0.717) is 5.58 Å². The first-order valence-electron chi connectivity index (χ1n) is 8.68. The van der Waals surface area contributed by atoms with Gasteiger partial charge >= 0.3 is 0 Å². The molecule has 28 heavy (non-hydrogen) atoms. The molecule has 0 radical (unpaired) electrons. The molecule has 7 nitrogen and oxygen atoms in total. The smallest absolute Gasteiger partial charge is 0.291 e.